The van der Waals surface area contributed by atoms with Crippen molar-refractivity contribution in [1.82, 2.24) is 0 Å². The van der Waals surface area contributed by atoms with Crippen molar-refractivity contribution < 1.29 is 9.90 Å². The Bertz CT molecular complexity index is 355. The Morgan fingerprint density at radius 3 is 2.67 bits per heavy atom. The van der Waals surface area contributed by atoms with Crippen LogP contribution in [-0.2, 0) is 11.2 Å². The minimum absolute atomic E-state index is 0.140. The molecular formula is C10H10Cl2O2S. The van der Waals surface area contributed by atoms with Gasteiger partial charge in [-0.2, -0.15) is 0 Å². The number of benzene rings is 1. The zero-order valence-corrected chi connectivity index (χ0v) is 10.2. The Labute approximate surface area is 103 Å². The highest BCUT2D eigenvalue weighted by Crippen LogP contribution is 2.23. The van der Waals surface area contributed by atoms with Crippen molar-refractivity contribution in [3.63, 3.8) is 0 Å². The predicted molar refractivity (Wildman–Crippen MR) is 65.1 cm³/mol. The van der Waals surface area contributed by atoms with E-state index in [1.165, 1.54) is 11.8 Å². The second-order valence-electron chi connectivity index (χ2n) is 2.94. The summed E-state index contributed by atoms with van der Waals surface area (Å²) >= 11 is 13.0. The average Bonchev–Trinajstić information content (AvgIpc) is 2.18. The average molecular weight is 265 g/mol. The molecule has 1 rings (SSSR count). The van der Waals surface area contributed by atoms with Crippen LogP contribution in [0.15, 0.2) is 18.2 Å². The second kappa shape index (κ2) is 6.26. The van der Waals surface area contributed by atoms with E-state index in [1.54, 1.807) is 6.07 Å². The zero-order chi connectivity index (χ0) is 11.3. The third kappa shape index (κ3) is 4.78. The van der Waals surface area contributed by atoms with Crippen LogP contribution >= 0.6 is 35.0 Å². The van der Waals surface area contributed by atoms with Gasteiger partial charge in [-0.05, 0) is 29.9 Å². The summed E-state index contributed by atoms with van der Waals surface area (Å²) in [7, 11) is 0. The van der Waals surface area contributed by atoms with E-state index < -0.39 is 5.97 Å². The first-order valence-corrected chi connectivity index (χ1v) is 6.24. The Morgan fingerprint density at radius 2 is 2.07 bits per heavy atom. The summed E-state index contributed by atoms with van der Waals surface area (Å²) in [5.74, 6) is 0.125. The Hall–Kier alpha value is -0.380. The number of halogens is 2. The van der Waals surface area contributed by atoms with Crippen molar-refractivity contribution in [1.29, 1.82) is 0 Å². The molecular weight excluding hydrogens is 255 g/mol. The molecule has 15 heavy (non-hydrogen) atoms. The number of carboxylic acids is 1. The molecule has 1 aromatic carbocycles. The highest BCUT2D eigenvalue weighted by molar-refractivity contribution is 7.99. The van der Waals surface area contributed by atoms with Gasteiger partial charge in [0, 0.05) is 0 Å². The Balaban J connectivity index is 2.38. The first-order valence-electron chi connectivity index (χ1n) is 4.33. The number of aliphatic carboxylic acids is 1. The largest absolute Gasteiger partial charge is 0.481 e. The zero-order valence-electron chi connectivity index (χ0n) is 7.87. The van der Waals surface area contributed by atoms with Gasteiger partial charge >= 0.3 is 5.97 Å². The Morgan fingerprint density at radius 1 is 1.33 bits per heavy atom. The highest BCUT2D eigenvalue weighted by atomic mass is 35.5. The maximum absolute atomic E-state index is 10.3. The number of aryl methyl sites for hydroxylation is 1. The minimum Gasteiger partial charge on any atom is -0.481 e. The molecule has 0 aromatic heterocycles. The molecule has 0 amide bonds. The summed E-state index contributed by atoms with van der Waals surface area (Å²) in [4.78, 5) is 10.3. The topological polar surface area (TPSA) is 37.3 Å². The van der Waals surface area contributed by atoms with Gasteiger partial charge in [0.1, 0.15) is 0 Å². The summed E-state index contributed by atoms with van der Waals surface area (Å²) in [5.41, 5.74) is 1.07. The molecule has 1 aromatic rings. The van der Waals surface area contributed by atoms with Crippen LogP contribution in [0.2, 0.25) is 10.0 Å². The predicted octanol–water partition coefficient (Wildman–Crippen LogP) is 3.35. The first-order chi connectivity index (χ1) is 7.09. The van der Waals surface area contributed by atoms with E-state index in [0.29, 0.717) is 10.0 Å². The van der Waals surface area contributed by atoms with Gasteiger partial charge in [0.25, 0.3) is 0 Å². The van der Waals surface area contributed by atoms with Crippen LogP contribution in [0.3, 0.4) is 0 Å². The summed E-state index contributed by atoms with van der Waals surface area (Å²) in [6.45, 7) is 0. The molecule has 0 atom stereocenters. The molecule has 0 radical (unpaired) electrons. The molecule has 5 heteroatoms. The van der Waals surface area contributed by atoms with Crippen molar-refractivity contribution in [2.75, 3.05) is 11.5 Å². The summed E-state index contributed by atoms with van der Waals surface area (Å²) < 4.78 is 0. The van der Waals surface area contributed by atoms with Gasteiger partial charge in [-0.3, -0.25) is 4.79 Å². The lowest BCUT2D eigenvalue weighted by atomic mass is 10.2. The van der Waals surface area contributed by atoms with E-state index in [9.17, 15) is 4.79 Å². The number of thioether (sulfide) groups is 1. The fourth-order valence-electron chi connectivity index (χ4n) is 1.04. The monoisotopic (exact) mass is 264 g/mol. The second-order valence-corrected chi connectivity index (χ2v) is 4.86. The van der Waals surface area contributed by atoms with E-state index in [4.69, 9.17) is 28.3 Å². The minimum atomic E-state index is -0.783. The van der Waals surface area contributed by atoms with Crippen molar-refractivity contribution >= 4 is 40.9 Å². The molecule has 0 unspecified atom stereocenters. The SMILES string of the molecule is O=C(O)CSCCc1ccc(Cl)c(Cl)c1. The van der Waals surface area contributed by atoms with E-state index in [0.717, 1.165) is 17.7 Å². The summed E-state index contributed by atoms with van der Waals surface area (Å²) in [6, 6.07) is 5.46. The third-order valence-corrected chi connectivity index (χ3v) is 3.43. The molecule has 0 bridgehead atoms. The molecule has 0 saturated carbocycles. The van der Waals surface area contributed by atoms with Crippen LogP contribution in [0, 0.1) is 0 Å². The number of carbonyl (C=O) groups is 1. The molecule has 0 aliphatic carbocycles. The van der Waals surface area contributed by atoms with Crippen LogP contribution in [0.1, 0.15) is 5.56 Å². The lowest BCUT2D eigenvalue weighted by molar-refractivity contribution is -0.133. The van der Waals surface area contributed by atoms with Gasteiger partial charge in [-0.1, -0.05) is 29.3 Å². The molecule has 0 saturated heterocycles. The molecule has 0 heterocycles. The molecule has 2 nitrogen and oxygen atoms in total. The molecule has 0 spiro atoms. The van der Waals surface area contributed by atoms with Gasteiger partial charge in [0.15, 0.2) is 0 Å². The number of hydrogen-bond acceptors (Lipinski definition) is 2. The van der Waals surface area contributed by atoms with E-state index >= 15 is 0 Å². The van der Waals surface area contributed by atoms with Crippen molar-refractivity contribution in [2.24, 2.45) is 0 Å². The van der Waals surface area contributed by atoms with Crippen molar-refractivity contribution in [2.45, 2.75) is 6.42 Å². The van der Waals surface area contributed by atoms with E-state index in [-0.39, 0.29) is 5.75 Å². The lowest BCUT2D eigenvalue weighted by Crippen LogP contribution is -1.99. The summed E-state index contributed by atoms with van der Waals surface area (Å²) in [5, 5.41) is 9.51. The molecule has 0 aliphatic rings. The quantitative estimate of drug-likeness (QED) is 0.829. The van der Waals surface area contributed by atoms with Crippen LogP contribution in [0.5, 0.6) is 0 Å². The fourth-order valence-corrected chi connectivity index (χ4v) is 2.06. The maximum Gasteiger partial charge on any atom is 0.313 e. The number of hydrogen-bond donors (Lipinski definition) is 1. The van der Waals surface area contributed by atoms with Crippen LogP contribution in [-0.4, -0.2) is 22.6 Å². The fraction of sp³-hybridized carbons (Fsp3) is 0.300. The molecule has 0 aliphatic heterocycles. The number of rotatable bonds is 5. The lowest BCUT2D eigenvalue weighted by Gasteiger charge is -2.02. The van der Waals surface area contributed by atoms with Crippen molar-refractivity contribution in [3.05, 3.63) is 33.8 Å². The third-order valence-electron chi connectivity index (χ3n) is 1.74. The van der Waals surface area contributed by atoms with Crippen LogP contribution in [0.4, 0.5) is 0 Å². The van der Waals surface area contributed by atoms with E-state index in [2.05, 4.69) is 0 Å². The standard InChI is InChI=1S/C10H10Cl2O2S/c11-8-2-1-7(5-9(8)12)3-4-15-6-10(13)14/h1-2,5H,3-4,6H2,(H,13,14). The molecule has 1 N–H and O–H groups in total. The normalized spacial score (nSPS) is 10.3. The van der Waals surface area contributed by atoms with Gasteiger partial charge in [-0.15, -0.1) is 11.8 Å². The van der Waals surface area contributed by atoms with E-state index in [1.807, 2.05) is 12.1 Å². The smallest absolute Gasteiger partial charge is 0.313 e. The summed E-state index contributed by atoms with van der Waals surface area (Å²) in [6.07, 6.45) is 0.800. The van der Waals surface area contributed by atoms with Gasteiger partial charge in [0.2, 0.25) is 0 Å². The Kier molecular flexibility index (Phi) is 5.29. The maximum atomic E-state index is 10.3. The van der Waals surface area contributed by atoms with Gasteiger partial charge in [0.05, 0.1) is 15.8 Å². The van der Waals surface area contributed by atoms with Gasteiger partial charge < -0.3 is 5.11 Å². The van der Waals surface area contributed by atoms with Gasteiger partial charge in [-0.25, -0.2) is 0 Å². The molecule has 0 fully saturated rings. The number of carboxylic acid groups (broad SMARTS) is 1. The highest BCUT2D eigenvalue weighted by Gasteiger charge is 2.01. The first kappa shape index (κ1) is 12.7. The molecule has 82 valence electrons. The van der Waals surface area contributed by atoms with Crippen LogP contribution in [0.25, 0.3) is 0 Å². The van der Waals surface area contributed by atoms with Crippen molar-refractivity contribution in [3.8, 4) is 0 Å². The van der Waals surface area contributed by atoms with Crippen LogP contribution < -0.4 is 0 Å².